The third-order valence-corrected chi connectivity index (χ3v) is 6.73. The van der Waals surface area contributed by atoms with Gasteiger partial charge in [0.15, 0.2) is 0 Å². The molecule has 184 valence electrons. The maximum atomic E-state index is 13.5. The lowest BCUT2D eigenvalue weighted by Gasteiger charge is -2.16. The number of nitrogens with zero attached hydrogens (tertiary/aromatic N) is 2. The Bertz CT molecular complexity index is 1290. The van der Waals surface area contributed by atoms with E-state index in [-0.39, 0.29) is 22.7 Å². The Hall–Kier alpha value is -3.59. The molecule has 1 aliphatic carbocycles. The number of carbonyl (C=O) groups is 2. The van der Waals surface area contributed by atoms with Crippen molar-refractivity contribution in [1.82, 2.24) is 9.78 Å². The average Bonchev–Trinajstić information content (AvgIpc) is 3.45. The zero-order valence-electron chi connectivity index (χ0n) is 19.6. The van der Waals surface area contributed by atoms with Gasteiger partial charge in [-0.25, -0.2) is 9.18 Å². The molecule has 3 aromatic rings. The highest BCUT2D eigenvalue weighted by Crippen LogP contribution is 2.47. The second kappa shape index (κ2) is 9.95. The van der Waals surface area contributed by atoms with Crippen LogP contribution in [0.1, 0.15) is 63.1 Å². The number of anilines is 2. The van der Waals surface area contributed by atoms with E-state index in [9.17, 15) is 14.0 Å². The van der Waals surface area contributed by atoms with Crippen LogP contribution in [0.15, 0.2) is 36.4 Å². The van der Waals surface area contributed by atoms with E-state index in [0.717, 1.165) is 24.8 Å². The van der Waals surface area contributed by atoms with Gasteiger partial charge in [-0.1, -0.05) is 17.7 Å². The number of halogens is 2. The van der Waals surface area contributed by atoms with E-state index in [1.807, 2.05) is 6.07 Å². The standard InChI is InChI=1S/C25H26ClFN4O4/c1-31-23(28)21(24(32)29-16-7-9-19(27)18(26)12-16)22(30-31)14-5-4-13(10-14)17-8-6-15(25(33)35-3)11-20(17)34-2/h6-9,11-14H,4-5,10,28H2,1-3H3,(H,29,32). The molecule has 1 heterocycles. The fraction of sp³-hybridized carbons (Fsp3) is 0.320. The van der Waals surface area contributed by atoms with Crippen molar-refractivity contribution in [2.45, 2.75) is 31.1 Å². The third-order valence-electron chi connectivity index (χ3n) is 6.44. The van der Waals surface area contributed by atoms with Crippen molar-refractivity contribution < 1.29 is 23.5 Å². The molecular weight excluding hydrogens is 475 g/mol. The lowest BCUT2D eigenvalue weighted by Crippen LogP contribution is -2.16. The number of hydrogen-bond acceptors (Lipinski definition) is 6. The highest BCUT2D eigenvalue weighted by Gasteiger charge is 2.34. The molecule has 0 spiro atoms. The van der Waals surface area contributed by atoms with Gasteiger partial charge in [-0.05, 0) is 61.1 Å². The maximum absolute atomic E-state index is 13.5. The summed E-state index contributed by atoms with van der Waals surface area (Å²) in [6, 6.07) is 9.25. The lowest BCUT2D eigenvalue weighted by atomic mass is 9.92. The van der Waals surface area contributed by atoms with Crippen LogP contribution in [0.4, 0.5) is 15.9 Å². The number of ether oxygens (including phenoxy) is 2. The predicted octanol–water partition coefficient (Wildman–Crippen LogP) is 4.89. The van der Waals surface area contributed by atoms with Crippen LogP contribution >= 0.6 is 11.6 Å². The zero-order chi connectivity index (χ0) is 25.3. The molecular formula is C25H26ClFN4O4. The van der Waals surface area contributed by atoms with Crippen molar-refractivity contribution in [1.29, 1.82) is 0 Å². The molecule has 2 unspecified atom stereocenters. The molecule has 2 atom stereocenters. The monoisotopic (exact) mass is 500 g/mol. The number of hydrogen-bond donors (Lipinski definition) is 2. The molecule has 35 heavy (non-hydrogen) atoms. The Labute approximate surface area is 207 Å². The number of methoxy groups -OCH3 is 2. The van der Waals surface area contributed by atoms with Crippen LogP contribution in [0.5, 0.6) is 5.75 Å². The normalized spacial score (nSPS) is 17.3. The second-order valence-corrected chi connectivity index (χ2v) is 8.91. The number of rotatable bonds is 6. The molecule has 0 aliphatic heterocycles. The molecule has 10 heteroatoms. The minimum atomic E-state index is -0.571. The van der Waals surface area contributed by atoms with Crippen LogP contribution < -0.4 is 15.8 Å². The van der Waals surface area contributed by atoms with Gasteiger partial charge < -0.3 is 20.5 Å². The number of amides is 1. The first-order valence-electron chi connectivity index (χ1n) is 11.1. The van der Waals surface area contributed by atoms with Gasteiger partial charge in [-0.15, -0.1) is 0 Å². The molecule has 8 nitrogen and oxygen atoms in total. The summed E-state index contributed by atoms with van der Waals surface area (Å²) in [7, 11) is 4.59. The fourth-order valence-electron chi connectivity index (χ4n) is 4.65. The Morgan fingerprint density at radius 3 is 2.60 bits per heavy atom. The van der Waals surface area contributed by atoms with Crippen molar-refractivity contribution in [3.63, 3.8) is 0 Å². The van der Waals surface area contributed by atoms with Crippen LogP contribution in [-0.2, 0) is 11.8 Å². The molecule has 3 N–H and O–H groups in total. The minimum Gasteiger partial charge on any atom is -0.496 e. The number of aryl methyl sites for hydroxylation is 1. The highest BCUT2D eigenvalue weighted by molar-refractivity contribution is 6.31. The van der Waals surface area contributed by atoms with Crippen molar-refractivity contribution in [3.05, 3.63) is 69.6 Å². The summed E-state index contributed by atoms with van der Waals surface area (Å²) < 4.78 is 25.3. The van der Waals surface area contributed by atoms with E-state index < -0.39 is 17.7 Å². The predicted molar refractivity (Wildman–Crippen MR) is 131 cm³/mol. The molecule has 0 radical (unpaired) electrons. The van der Waals surface area contributed by atoms with Crippen molar-refractivity contribution in [2.75, 3.05) is 25.3 Å². The zero-order valence-corrected chi connectivity index (χ0v) is 20.4. The first-order valence-corrected chi connectivity index (χ1v) is 11.5. The highest BCUT2D eigenvalue weighted by atomic mass is 35.5. The Morgan fingerprint density at radius 2 is 1.91 bits per heavy atom. The third kappa shape index (κ3) is 4.81. The first kappa shape index (κ1) is 24.5. The lowest BCUT2D eigenvalue weighted by molar-refractivity contribution is 0.0600. The molecule has 1 aliphatic rings. The summed E-state index contributed by atoms with van der Waals surface area (Å²) in [6.45, 7) is 0. The van der Waals surface area contributed by atoms with Gasteiger partial charge in [0.25, 0.3) is 5.91 Å². The van der Waals surface area contributed by atoms with Crippen LogP contribution in [0, 0.1) is 5.82 Å². The van der Waals surface area contributed by atoms with Crippen LogP contribution in [0.2, 0.25) is 5.02 Å². The largest absolute Gasteiger partial charge is 0.496 e. The van der Waals surface area contributed by atoms with Crippen molar-refractivity contribution >= 4 is 35.0 Å². The van der Waals surface area contributed by atoms with Crippen LogP contribution in [0.25, 0.3) is 0 Å². The molecule has 1 amide bonds. The molecule has 2 aromatic carbocycles. The van der Waals surface area contributed by atoms with Crippen LogP contribution in [-0.4, -0.2) is 35.9 Å². The van der Waals surface area contributed by atoms with Crippen LogP contribution in [0.3, 0.4) is 0 Å². The topological polar surface area (TPSA) is 108 Å². The van der Waals surface area contributed by atoms with Gasteiger partial charge >= 0.3 is 5.97 Å². The van der Waals surface area contributed by atoms with Gasteiger partial charge in [0.1, 0.15) is 22.9 Å². The van der Waals surface area contributed by atoms with Gasteiger partial charge in [0.05, 0.1) is 30.5 Å². The average molecular weight is 501 g/mol. The number of carbonyl (C=O) groups excluding carboxylic acids is 2. The number of esters is 1. The van der Waals surface area contributed by atoms with E-state index in [2.05, 4.69) is 10.4 Å². The smallest absolute Gasteiger partial charge is 0.337 e. The maximum Gasteiger partial charge on any atom is 0.337 e. The Kier molecular flexibility index (Phi) is 6.98. The van der Waals surface area contributed by atoms with E-state index >= 15 is 0 Å². The molecule has 0 saturated heterocycles. The number of aromatic nitrogens is 2. The summed E-state index contributed by atoms with van der Waals surface area (Å²) in [6.07, 6.45) is 2.38. The summed E-state index contributed by atoms with van der Waals surface area (Å²) in [5.41, 5.74) is 8.89. The quantitative estimate of drug-likeness (QED) is 0.466. The number of nitrogens with two attached hydrogens (primary N) is 1. The first-order chi connectivity index (χ1) is 16.7. The molecule has 0 bridgehead atoms. The van der Waals surface area contributed by atoms with Crippen molar-refractivity contribution in [3.8, 4) is 5.75 Å². The molecule has 4 rings (SSSR count). The minimum absolute atomic E-state index is 0.00829. The SMILES string of the molecule is COC(=O)c1ccc(C2CCC(c3nn(C)c(N)c3C(=O)Nc3ccc(F)c(Cl)c3)C2)c(OC)c1. The fourth-order valence-corrected chi connectivity index (χ4v) is 4.83. The van der Waals surface area contributed by atoms with Gasteiger partial charge in [0.2, 0.25) is 0 Å². The summed E-state index contributed by atoms with van der Waals surface area (Å²) in [4.78, 5) is 25.0. The molecule has 1 saturated carbocycles. The van der Waals surface area contributed by atoms with Gasteiger partial charge in [0, 0.05) is 18.7 Å². The second-order valence-electron chi connectivity index (χ2n) is 8.51. The van der Waals surface area contributed by atoms with E-state index in [1.165, 1.54) is 30.0 Å². The van der Waals surface area contributed by atoms with Gasteiger partial charge in [-0.2, -0.15) is 5.10 Å². The summed E-state index contributed by atoms with van der Waals surface area (Å²) in [5, 5.41) is 7.21. The van der Waals surface area contributed by atoms with E-state index in [4.69, 9.17) is 26.8 Å². The van der Waals surface area contributed by atoms with E-state index in [0.29, 0.717) is 28.3 Å². The summed E-state index contributed by atoms with van der Waals surface area (Å²) >= 11 is 5.84. The number of nitrogens with one attached hydrogen (secondary N) is 1. The van der Waals surface area contributed by atoms with Crippen molar-refractivity contribution in [2.24, 2.45) is 7.05 Å². The van der Waals surface area contributed by atoms with Gasteiger partial charge in [-0.3, -0.25) is 9.48 Å². The Morgan fingerprint density at radius 1 is 1.17 bits per heavy atom. The molecule has 1 fully saturated rings. The number of nitrogen functional groups attached to an aromatic ring is 1. The summed E-state index contributed by atoms with van der Waals surface area (Å²) in [5.74, 6) is -0.432. The Balaban J connectivity index is 1.58. The molecule has 1 aromatic heterocycles. The van der Waals surface area contributed by atoms with E-state index in [1.54, 1.807) is 26.3 Å². The number of benzene rings is 2.